The molecule has 0 radical (unpaired) electrons. The smallest absolute Gasteiger partial charge is 0.0721 e. The minimum absolute atomic E-state index is 0.320. The molecule has 18 heavy (non-hydrogen) atoms. The Bertz CT molecular complexity index is 388. The van der Waals surface area contributed by atoms with Crippen molar-refractivity contribution in [1.82, 2.24) is 5.32 Å². The Morgan fingerprint density at radius 3 is 3.06 bits per heavy atom. The van der Waals surface area contributed by atoms with Crippen LogP contribution in [0, 0.1) is 0 Å². The molecule has 2 aliphatic rings. The van der Waals surface area contributed by atoms with Crippen LogP contribution in [0.2, 0.25) is 0 Å². The van der Waals surface area contributed by atoms with Crippen molar-refractivity contribution in [2.24, 2.45) is 0 Å². The minimum Gasteiger partial charge on any atom is -0.377 e. The third kappa shape index (κ3) is 2.74. The molecule has 2 unspecified atom stereocenters. The first-order chi connectivity index (χ1) is 8.93. The van der Waals surface area contributed by atoms with Gasteiger partial charge in [-0.2, -0.15) is 0 Å². The van der Waals surface area contributed by atoms with Crippen molar-refractivity contribution in [2.45, 2.75) is 38.0 Å². The van der Waals surface area contributed by atoms with Gasteiger partial charge < -0.3 is 14.8 Å². The predicted octanol–water partition coefficient (Wildman–Crippen LogP) is 2.42. The van der Waals surface area contributed by atoms with Crippen LogP contribution in [0.5, 0.6) is 0 Å². The molecule has 0 aromatic heterocycles. The van der Waals surface area contributed by atoms with E-state index in [9.17, 15) is 0 Å². The summed E-state index contributed by atoms with van der Waals surface area (Å²) in [6.07, 6.45) is 4.07. The molecular formula is C15H21NO2. The van der Waals surface area contributed by atoms with E-state index in [0.29, 0.717) is 12.1 Å². The first-order valence-electron chi connectivity index (χ1n) is 6.94. The van der Waals surface area contributed by atoms with E-state index in [1.807, 2.05) is 0 Å². The van der Waals surface area contributed by atoms with Crippen LogP contribution < -0.4 is 5.32 Å². The third-order valence-corrected chi connectivity index (χ3v) is 3.84. The Labute approximate surface area is 108 Å². The van der Waals surface area contributed by atoms with E-state index in [-0.39, 0.29) is 0 Å². The maximum Gasteiger partial charge on any atom is 0.0721 e. The highest BCUT2D eigenvalue weighted by atomic mass is 16.5. The molecule has 0 bridgehead atoms. The van der Waals surface area contributed by atoms with Gasteiger partial charge in [0.25, 0.3) is 0 Å². The molecule has 0 saturated carbocycles. The highest BCUT2D eigenvalue weighted by molar-refractivity contribution is 5.31. The van der Waals surface area contributed by atoms with E-state index in [1.165, 1.54) is 30.4 Å². The molecule has 2 aliphatic heterocycles. The number of benzene rings is 1. The van der Waals surface area contributed by atoms with Crippen LogP contribution in [-0.4, -0.2) is 25.9 Å². The average Bonchev–Trinajstić information content (AvgIpc) is 2.46. The Morgan fingerprint density at radius 1 is 1.22 bits per heavy atom. The monoisotopic (exact) mass is 247 g/mol. The Kier molecular flexibility index (Phi) is 3.93. The number of nitrogens with one attached hydrogen (secondary N) is 1. The van der Waals surface area contributed by atoms with Crippen LogP contribution in [0.4, 0.5) is 0 Å². The summed E-state index contributed by atoms with van der Waals surface area (Å²) in [6.45, 7) is 3.37. The summed E-state index contributed by atoms with van der Waals surface area (Å²) < 4.78 is 11.4. The number of hydrogen-bond donors (Lipinski definition) is 1. The van der Waals surface area contributed by atoms with Crippen LogP contribution in [0.3, 0.4) is 0 Å². The highest BCUT2D eigenvalue weighted by Crippen LogP contribution is 2.24. The lowest BCUT2D eigenvalue weighted by atomic mass is 9.98. The van der Waals surface area contributed by atoms with Gasteiger partial charge in [0.2, 0.25) is 0 Å². The van der Waals surface area contributed by atoms with Crippen molar-refractivity contribution in [1.29, 1.82) is 0 Å². The van der Waals surface area contributed by atoms with Gasteiger partial charge in [-0.25, -0.2) is 0 Å². The molecule has 3 nitrogen and oxygen atoms in total. The van der Waals surface area contributed by atoms with Gasteiger partial charge in [0, 0.05) is 13.2 Å². The second-order valence-corrected chi connectivity index (χ2v) is 5.16. The molecule has 1 N–H and O–H groups in total. The van der Waals surface area contributed by atoms with Gasteiger partial charge in [0.1, 0.15) is 0 Å². The molecule has 1 aromatic carbocycles. The van der Waals surface area contributed by atoms with Gasteiger partial charge >= 0.3 is 0 Å². The van der Waals surface area contributed by atoms with Crippen molar-refractivity contribution in [3.05, 3.63) is 35.4 Å². The van der Waals surface area contributed by atoms with E-state index in [0.717, 1.165) is 26.4 Å². The van der Waals surface area contributed by atoms with Crippen molar-refractivity contribution in [3.8, 4) is 0 Å². The van der Waals surface area contributed by atoms with E-state index >= 15 is 0 Å². The number of fused-ring (bicyclic) bond motifs is 1. The Hall–Kier alpha value is -0.900. The van der Waals surface area contributed by atoms with Crippen LogP contribution in [0.15, 0.2) is 24.3 Å². The molecule has 1 aromatic rings. The molecule has 2 atom stereocenters. The summed E-state index contributed by atoms with van der Waals surface area (Å²) >= 11 is 0. The standard InChI is InChI=1S/C15H21NO2/c1-2-7-14-12(5-1)10-17-11-15(14)16-9-13-6-3-4-8-18-13/h1-2,5,7,13,15-16H,3-4,6,8-11H2. The van der Waals surface area contributed by atoms with Crippen LogP contribution in [0.25, 0.3) is 0 Å². The predicted molar refractivity (Wildman–Crippen MR) is 70.4 cm³/mol. The SMILES string of the molecule is c1ccc2c(c1)COCC2NCC1CCCCO1. The number of rotatable bonds is 3. The van der Waals surface area contributed by atoms with E-state index in [4.69, 9.17) is 9.47 Å². The summed E-state index contributed by atoms with van der Waals surface area (Å²) in [4.78, 5) is 0. The second kappa shape index (κ2) is 5.83. The zero-order valence-electron chi connectivity index (χ0n) is 10.7. The lowest BCUT2D eigenvalue weighted by molar-refractivity contribution is 0.0103. The molecular weight excluding hydrogens is 226 g/mol. The molecule has 0 spiro atoms. The summed E-state index contributed by atoms with van der Waals surface area (Å²) in [5, 5.41) is 3.60. The van der Waals surface area contributed by atoms with Crippen molar-refractivity contribution < 1.29 is 9.47 Å². The molecule has 2 heterocycles. The van der Waals surface area contributed by atoms with Gasteiger partial charge in [-0.15, -0.1) is 0 Å². The lowest BCUT2D eigenvalue weighted by Gasteiger charge is -2.29. The summed E-state index contributed by atoms with van der Waals surface area (Å²) in [6, 6.07) is 8.86. The molecule has 1 saturated heterocycles. The summed E-state index contributed by atoms with van der Waals surface area (Å²) in [7, 11) is 0. The zero-order valence-corrected chi connectivity index (χ0v) is 10.7. The van der Waals surface area contributed by atoms with Gasteiger partial charge in [0.15, 0.2) is 0 Å². The fourth-order valence-corrected chi connectivity index (χ4v) is 2.79. The summed E-state index contributed by atoms with van der Waals surface area (Å²) in [5.74, 6) is 0. The third-order valence-electron chi connectivity index (χ3n) is 3.84. The number of ether oxygens (including phenoxy) is 2. The van der Waals surface area contributed by atoms with E-state index < -0.39 is 0 Å². The van der Waals surface area contributed by atoms with Crippen LogP contribution in [0.1, 0.15) is 36.4 Å². The zero-order chi connectivity index (χ0) is 12.2. The molecule has 0 amide bonds. The maximum absolute atomic E-state index is 5.75. The fraction of sp³-hybridized carbons (Fsp3) is 0.600. The Morgan fingerprint density at radius 2 is 2.17 bits per heavy atom. The topological polar surface area (TPSA) is 30.5 Å². The van der Waals surface area contributed by atoms with E-state index in [1.54, 1.807) is 0 Å². The van der Waals surface area contributed by atoms with Crippen molar-refractivity contribution in [3.63, 3.8) is 0 Å². The summed E-state index contributed by atoms with van der Waals surface area (Å²) in [5.41, 5.74) is 2.70. The van der Waals surface area contributed by atoms with Gasteiger partial charge in [-0.1, -0.05) is 24.3 Å². The average molecular weight is 247 g/mol. The van der Waals surface area contributed by atoms with Crippen LogP contribution >= 0.6 is 0 Å². The van der Waals surface area contributed by atoms with Gasteiger partial charge in [-0.3, -0.25) is 0 Å². The first-order valence-corrected chi connectivity index (χ1v) is 6.94. The van der Waals surface area contributed by atoms with Crippen molar-refractivity contribution >= 4 is 0 Å². The molecule has 0 aliphatic carbocycles. The van der Waals surface area contributed by atoms with Crippen molar-refractivity contribution in [2.75, 3.05) is 19.8 Å². The largest absolute Gasteiger partial charge is 0.377 e. The van der Waals surface area contributed by atoms with E-state index in [2.05, 4.69) is 29.6 Å². The minimum atomic E-state index is 0.320. The molecule has 3 heteroatoms. The second-order valence-electron chi connectivity index (χ2n) is 5.16. The Balaban J connectivity index is 1.60. The number of hydrogen-bond acceptors (Lipinski definition) is 3. The highest BCUT2D eigenvalue weighted by Gasteiger charge is 2.21. The normalized spacial score (nSPS) is 27.8. The van der Waals surface area contributed by atoms with Gasteiger partial charge in [0.05, 0.1) is 25.4 Å². The molecule has 1 fully saturated rings. The first kappa shape index (κ1) is 12.2. The molecule has 98 valence electrons. The van der Waals surface area contributed by atoms with Gasteiger partial charge in [-0.05, 0) is 30.4 Å². The quantitative estimate of drug-likeness (QED) is 0.889. The lowest BCUT2D eigenvalue weighted by Crippen LogP contribution is -2.37. The maximum atomic E-state index is 5.75. The fourth-order valence-electron chi connectivity index (χ4n) is 2.79. The van der Waals surface area contributed by atoms with Crippen LogP contribution in [-0.2, 0) is 16.1 Å². The molecule has 3 rings (SSSR count).